The molecule has 1 heterocycles. The summed E-state index contributed by atoms with van der Waals surface area (Å²) in [5.74, 6) is -0.784. The van der Waals surface area contributed by atoms with Gasteiger partial charge in [-0.25, -0.2) is 4.79 Å². The Labute approximate surface area is 98.8 Å². The number of para-hydroxylation sites is 1. The van der Waals surface area contributed by atoms with Crippen LogP contribution in [0.5, 0.6) is 5.75 Å². The third-order valence-electron chi connectivity index (χ3n) is 3.03. The third-order valence-corrected chi connectivity index (χ3v) is 3.03. The van der Waals surface area contributed by atoms with E-state index in [1.165, 1.54) is 6.07 Å². The van der Waals surface area contributed by atoms with Crippen molar-refractivity contribution >= 4 is 11.7 Å². The van der Waals surface area contributed by atoms with Crippen molar-refractivity contribution < 1.29 is 14.6 Å². The van der Waals surface area contributed by atoms with Crippen LogP contribution < -0.4 is 9.64 Å². The molecule has 0 radical (unpaired) electrons. The zero-order chi connectivity index (χ0) is 12.6. The number of carboxylic acid groups (broad SMARTS) is 1. The van der Waals surface area contributed by atoms with E-state index in [-0.39, 0.29) is 17.4 Å². The van der Waals surface area contributed by atoms with Gasteiger partial charge in [0.15, 0.2) is 5.75 Å². The average Bonchev–Trinajstić information content (AvgIpc) is 2.32. The molecule has 17 heavy (non-hydrogen) atoms. The van der Waals surface area contributed by atoms with Gasteiger partial charge in [-0.15, -0.1) is 0 Å². The molecule has 0 saturated heterocycles. The van der Waals surface area contributed by atoms with Gasteiger partial charge in [-0.3, -0.25) is 0 Å². The van der Waals surface area contributed by atoms with Crippen molar-refractivity contribution in [3.05, 3.63) is 23.8 Å². The van der Waals surface area contributed by atoms with Crippen LogP contribution in [0.4, 0.5) is 5.69 Å². The van der Waals surface area contributed by atoms with Gasteiger partial charge >= 0.3 is 5.97 Å². The highest BCUT2D eigenvalue weighted by atomic mass is 16.5. The molecule has 0 spiro atoms. The molecule has 0 saturated carbocycles. The van der Waals surface area contributed by atoms with Gasteiger partial charge in [-0.1, -0.05) is 6.07 Å². The van der Waals surface area contributed by atoms with Gasteiger partial charge in [0.1, 0.15) is 11.6 Å². The number of carbonyl (C=O) groups is 1. The maximum atomic E-state index is 11.1. The smallest absolute Gasteiger partial charge is 0.339 e. The standard InChI is InChI=1S/C12H12N2O3/c1-7-10(6-13)17-11-8(12(15)16)4-3-5-9(11)14(7)2/h3-5,7,10H,1-2H3,(H,15,16). The topological polar surface area (TPSA) is 73.6 Å². The molecule has 0 aliphatic carbocycles. The minimum absolute atomic E-state index is 0.0847. The Morgan fingerprint density at radius 2 is 2.29 bits per heavy atom. The Hall–Kier alpha value is -2.22. The minimum Gasteiger partial charge on any atom is -0.478 e. The van der Waals surface area contributed by atoms with E-state index < -0.39 is 12.1 Å². The van der Waals surface area contributed by atoms with Gasteiger partial charge in [-0.2, -0.15) is 5.26 Å². The first-order chi connectivity index (χ1) is 8.06. The van der Waals surface area contributed by atoms with Crippen molar-refractivity contribution in [2.24, 2.45) is 0 Å². The normalized spacial score (nSPS) is 22.3. The molecule has 1 aliphatic rings. The zero-order valence-electron chi connectivity index (χ0n) is 9.54. The number of nitrogens with zero attached hydrogens (tertiary/aromatic N) is 2. The molecular formula is C12H12N2O3. The second kappa shape index (κ2) is 3.98. The van der Waals surface area contributed by atoms with Crippen LogP contribution in [-0.2, 0) is 0 Å². The number of rotatable bonds is 1. The Bertz CT molecular complexity index is 507. The number of carboxylic acids is 1. The van der Waals surface area contributed by atoms with E-state index in [2.05, 4.69) is 0 Å². The molecule has 88 valence electrons. The van der Waals surface area contributed by atoms with Crippen molar-refractivity contribution in [1.29, 1.82) is 5.26 Å². The summed E-state index contributed by atoms with van der Waals surface area (Å²) in [6, 6.07) is 6.84. The average molecular weight is 232 g/mol. The Morgan fingerprint density at radius 1 is 1.59 bits per heavy atom. The lowest BCUT2D eigenvalue weighted by molar-refractivity contribution is 0.0689. The number of hydrogen-bond donors (Lipinski definition) is 1. The van der Waals surface area contributed by atoms with Crippen molar-refractivity contribution in [2.75, 3.05) is 11.9 Å². The van der Waals surface area contributed by atoms with Crippen LogP contribution >= 0.6 is 0 Å². The van der Waals surface area contributed by atoms with Crippen molar-refractivity contribution in [3.8, 4) is 11.8 Å². The molecule has 1 N–H and O–H groups in total. The summed E-state index contributed by atoms with van der Waals surface area (Å²) < 4.78 is 5.47. The molecule has 2 unspecified atom stereocenters. The van der Waals surface area contributed by atoms with Crippen LogP contribution in [0, 0.1) is 11.3 Å². The molecule has 5 heteroatoms. The van der Waals surface area contributed by atoms with Crippen LogP contribution in [-0.4, -0.2) is 30.3 Å². The van der Waals surface area contributed by atoms with Crippen LogP contribution in [0.1, 0.15) is 17.3 Å². The summed E-state index contributed by atoms with van der Waals surface area (Å²) in [6.07, 6.45) is -0.659. The summed E-state index contributed by atoms with van der Waals surface area (Å²) >= 11 is 0. The van der Waals surface area contributed by atoms with E-state index >= 15 is 0 Å². The van der Waals surface area contributed by atoms with E-state index in [0.29, 0.717) is 5.69 Å². The van der Waals surface area contributed by atoms with Crippen LogP contribution in [0.15, 0.2) is 18.2 Å². The number of fused-ring (bicyclic) bond motifs is 1. The molecule has 0 aromatic heterocycles. The molecule has 1 aromatic rings. The lowest BCUT2D eigenvalue weighted by Gasteiger charge is -2.37. The molecular weight excluding hydrogens is 220 g/mol. The largest absolute Gasteiger partial charge is 0.478 e. The summed E-state index contributed by atoms with van der Waals surface area (Å²) in [5, 5.41) is 18.1. The molecule has 2 atom stereocenters. The molecule has 1 aliphatic heterocycles. The maximum absolute atomic E-state index is 11.1. The van der Waals surface area contributed by atoms with Crippen LogP contribution in [0.3, 0.4) is 0 Å². The summed E-state index contributed by atoms with van der Waals surface area (Å²) in [6.45, 7) is 1.87. The van der Waals surface area contributed by atoms with Crippen molar-refractivity contribution in [2.45, 2.75) is 19.1 Å². The third kappa shape index (κ3) is 1.68. The van der Waals surface area contributed by atoms with Crippen molar-refractivity contribution in [1.82, 2.24) is 0 Å². The highest BCUT2D eigenvalue weighted by Gasteiger charge is 2.33. The molecule has 0 amide bonds. The number of benzene rings is 1. The Balaban J connectivity index is 2.57. The molecule has 0 fully saturated rings. The number of ether oxygens (including phenoxy) is 1. The maximum Gasteiger partial charge on any atom is 0.339 e. The van der Waals surface area contributed by atoms with Crippen LogP contribution in [0.25, 0.3) is 0 Å². The molecule has 0 bridgehead atoms. The molecule has 5 nitrogen and oxygen atoms in total. The fourth-order valence-corrected chi connectivity index (χ4v) is 1.88. The minimum atomic E-state index is -1.05. The lowest BCUT2D eigenvalue weighted by Crippen LogP contribution is -2.45. The fraction of sp³-hybridized carbons (Fsp3) is 0.333. The summed E-state index contributed by atoms with van der Waals surface area (Å²) in [5.41, 5.74) is 0.783. The zero-order valence-corrected chi connectivity index (χ0v) is 9.54. The second-order valence-corrected chi connectivity index (χ2v) is 3.98. The van der Waals surface area contributed by atoms with E-state index in [0.717, 1.165) is 0 Å². The van der Waals surface area contributed by atoms with E-state index in [1.807, 2.05) is 24.9 Å². The number of aromatic carboxylic acids is 1. The first kappa shape index (κ1) is 11.3. The lowest BCUT2D eigenvalue weighted by atomic mass is 10.1. The Kier molecular flexibility index (Phi) is 2.64. The monoisotopic (exact) mass is 232 g/mol. The fourth-order valence-electron chi connectivity index (χ4n) is 1.88. The number of likely N-dealkylation sites (N-methyl/N-ethyl adjacent to an activating group) is 1. The quantitative estimate of drug-likeness (QED) is 0.794. The van der Waals surface area contributed by atoms with Gasteiger partial charge < -0.3 is 14.7 Å². The second-order valence-electron chi connectivity index (χ2n) is 3.98. The highest BCUT2D eigenvalue weighted by Crippen LogP contribution is 2.37. The van der Waals surface area contributed by atoms with Gasteiger partial charge in [0.2, 0.25) is 6.10 Å². The SMILES string of the molecule is CC1C(C#N)Oc2c(C(=O)O)cccc2N1C. The summed E-state index contributed by atoms with van der Waals surface area (Å²) in [4.78, 5) is 12.9. The first-order valence-electron chi connectivity index (χ1n) is 5.21. The first-order valence-corrected chi connectivity index (χ1v) is 5.21. The van der Waals surface area contributed by atoms with E-state index in [4.69, 9.17) is 15.1 Å². The highest BCUT2D eigenvalue weighted by molar-refractivity contribution is 5.93. The number of hydrogen-bond acceptors (Lipinski definition) is 4. The van der Waals surface area contributed by atoms with Gasteiger partial charge in [-0.05, 0) is 19.1 Å². The van der Waals surface area contributed by atoms with Gasteiger partial charge in [0, 0.05) is 7.05 Å². The van der Waals surface area contributed by atoms with Gasteiger partial charge in [0.05, 0.1) is 11.7 Å². The van der Waals surface area contributed by atoms with Crippen molar-refractivity contribution in [3.63, 3.8) is 0 Å². The predicted molar refractivity (Wildman–Crippen MR) is 61.3 cm³/mol. The van der Waals surface area contributed by atoms with Gasteiger partial charge in [0.25, 0.3) is 0 Å². The molecule has 1 aromatic carbocycles. The Morgan fingerprint density at radius 3 is 2.88 bits per heavy atom. The predicted octanol–water partition coefficient (Wildman–Crippen LogP) is 1.49. The summed E-state index contributed by atoms with van der Waals surface area (Å²) in [7, 11) is 1.82. The van der Waals surface area contributed by atoms with Crippen LogP contribution in [0.2, 0.25) is 0 Å². The van der Waals surface area contributed by atoms with E-state index in [9.17, 15) is 4.79 Å². The molecule has 2 rings (SSSR count). The van der Waals surface area contributed by atoms with E-state index in [1.54, 1.807) is 12.1 Å². The number of anilines is 1. The number of nitriles is 1.